The molecular formula is C8H11NO2. The summed E-state index contributed by atoms with van der Waals surface area (Å²) < 4.78 is 4.90. The van der Waals surface area contributed by atoms with Crippen LogP contribution in [0.15, 0.2) is 22.8 Å². The number of furan rings is 1. The van der Waals surface area contributed by atoms with Gasteiger partial charge in [-0.05, 0) is 18.7 Å². The van der Waals surface area contributed by atoms with Crippen LogP contribution in [0, 0.1) is 0 Å². The Hall–Kier alpha value is -1.09. The Balaban J connectivity index is 2.43. The molecule has 0 aliphatic carbocycles. The van der Waals surface area contributed by atoms with Crippen LogP contribution in [-0.2, 0) is 0 Å². The number of nitrogens with one attached hydrogen (secondary N) is 1. The molecule has 3 nitrogen and oxygen atoms in total. The second-order valence-electron chi connectivity index (χ2n) is 2.18. The highest BCUT2D eigenvalue weighted by atomic mass is 16.3. The molecule has 0 atom stereocenters. The molecule has 60 valence electrons. The number of carbonyl (C=O) groups is 1. The normalized spacial score (nSPS) is 9.91. The largest absolute Gasteiger partial charge is 0.461 e. The third-order valence-electron chi connectivity index (χ3n) is 1.33. The SMILES string of the molecule is CCNCC(=O)c1ccco1. The van der Waals surface area contributed by atoms with Crippen molar-refractivity contribution >= 4 is 5.78 Å². The Morgan fingerprint density at radius 3 is 3.09 bits per heavy atom. The predicted octanol–water partition coefficient (Wildman–Crippen LogP) is 1.07. The number of hydrogen-bond donors (Lipinski definition) is 1. The molecule has 0 bridgehead atoms. The number of likely N-dealkylation sites (N-methyl/N-ethyl adjacent to an activating group) is 1. The molecule has 0 fully saturated rings. The second kappa shape index (κ2) is 3.93. The lowest BCUT2D eigenvalue weighted by Crippen LogP contribution is -2.21. The minimum absolute atomic E-state index is 0.00292. The van der Waals surface area contributed by atoms with Crippen molar-refractivity contribution in [2.75, 3.05) is 13.1 Å². The Bertz CT molecular complexity index is 216. The molecule has 0 saturated heterocycles. The number of rotatable bonds is 4. The molecule has 0 saturated carbocycles. The Morgan fingerprint density at radius 1 is 1.73 bits per heavy atom. The Labute approximate surface area is 65.4 Å². The van der Waals surface area contributed by atoms with Gasteiger partial charge in [-0.1, -0.05) is 6.92 Å². The van der Waals surface area contributed by atoms with E-state index in [1.807, 2.05) is 6.92 Å². The van der Waals surface area contributed by atoms with Crippen molar-refractivity contribution < 1.29 is 9.21 Å². The highest BCUT2D eigenvalue weighted by Gasteiger charge is 2.05. The van der Waals surface area contributed by atoms with E-state index in [-0.39, 0.29) is 5.78 Å². The van der Waals surface area contributed by atoms with E-state index in [9.17, 15) is 4.79 Å². The first kappa shape index (κ1) is 8.01. The summed E-state index contributed by atoms with van der Waals surface area (Å²) in [5.41, 5.74) is 0. The van der Waals surface area contributed by atoms with E-state index in [0.29, 0.717) is 12.3 Å². The molecule has 0 spiro atoms. The molecule has 0 aliphatic heterocycles. The van der Waals surface area contributed by atoms with E-state index in [4.69, 9.17) is 4.42 Å². The molecule has 0 radical (unpaired) electrons. The van der Waals surface area contributed by atoms with Gasteiger partial charge in [-0.25, -0.2) is 0 Å². The van der Waals surface area contributed by atoms with Crippen LogP contribution in [0.5, 0.6) is 0 Å². The van der Waals surface area contributed by atoms with Gasteiger partial charge in [0, 0.05) is 0 Å². The molecule has 0 unspecified atom stereocenters. The van der Waals surface area contributed by atoms with Gasteiger partial charge in [0.15, 0.2) is 5.76 Å². The monoisotopic (exact) mass is 153 g/mol. The maximum atomic E-state index is 11.1. The maximum Gasteiger partial charge on any atom is 0.211 e. The van der Waals surface area contributed by atoms with Crippen LogP contribution >= 0.6 is 0 Å². The van der Waals surface area contributed by atoms with Crippen molar-refractivity contribution in [2.24, 2.45) is 0 Å². The zero-order valence-electron chi connectivity index (χ0n) is 6.46. The molecule has 1 N–H and O–H groups in total. The minimum atomic E-state index is -0.00292. The van der Waals surface area contributed by atoms with Gasteiger partial charge < -0.3 is 9.73 Å². The summed E-state index contributed by atoms with van der Waals surface area (Å²) in [6, 6.07) is 3.37. The number of Topliss-reactive ketones (excluding diaryl/α,β-unsaturated/α-hetero) is 1. The maximum absolute atomic E-state index is 11.1. The van der Waals surface area contributed by atoms with Crippen LogP contribution < -0.4 is 5.32 Å². The van der Waals surface area contributed by atoms with E-state index in [2.05, 4.69) is 5.32 Å². The van der Waals surface area contributed by atoms with E-state index in [1.165, 1.54) is 6.26 Å². The first-order chi connectivity index (χ1) is 5.34. The van der Waals surface area contributed by atoms with Gasteiger partial charge in [-0.2, -0.15) is 0 Å². The highest BCUT2D eigenvalue weighted by molar-refractivity contribution is 5.94. The third kappa shape index (κ3) is 2.20. The molecule has 0 amide bonds. The topological polar surface area (TPSA) is 42.2 Å². The summed E-state index contributed by atoms with van der Waals surface area (Å²) in [7, 11) is 0. The van der Waals surface area contributed by atoms with E-state index in [1.54, 1.807) is 12.1 Å². The third-order valence-corrected chi connectivity index (χ3v) is 1.33. The average molecular weight is 153 g/mol. The van der Waals surface area contributed by atoms with Crippen LogP contribution in [0.4, 0.5) is 0 Å². The lowest BCUT2D eigenvalue weighted by molar-refractivity contribution is 0.0965. The fourth-order valence-corrected chi connectivity index (χ4v) is 0.763. The first-order valence-electron chi connectivity index (χ1n) is 3.62. The first-order valence-corrected chi connectivity index (χ1v) is 3.62. The second-order valence-corrected chi connectivity index (χ2v) is 2.18. The van der Waals surface area contributed by atoms with Gasteiger partial charge in [0.25, 0.3) is 0 Å². The molecular weight excluding hydrogens is 142 g/mol. The summed E-state index contributed by atoms with van der Waals surface area (Å²) in [6.07, 6.45) is 1.50. The number of carbonyl (C=O) groups excluding carboxylic acids is 1. The predicted molar refractivity (Wildman–Crippen MR) is 41.6 cm³/mol. The van der Waals surface area contributed by atoms with Crippen molar-refractivity contribution in [3.05, 3.63) is 24.2 Å². The van der Waals surface area contributed by atoms with Crippen molar-refractivity contribution in [1.29, 1.82) is 0 Å². The standard InChI is InChI=1S/C8H11NO2/c1-2-9-6-7(10)8-4-3-5-11-8/h3-5,9H,2,6H2,1H3. The summed E-state index contributed by atoms with van der Waals surface area (Å²) in [5, 5.41) is 2.93. The van der Waals surface area contributed by atoms with Gasteiger partial charge in [0.05, 0.1) is 12.8 Å². The van der Waals surface area contributed by atoms with E-state index in [0.717, 1.165) is 6.54 Å². The average Bonchev–Trinajstić information content (AvgIpc) is 2.52. The molecule has 0 aromatic carbocycles. The minimum Gasteiger partial charge on any atom is -0.461 e. The van der Waals surface area contributed by atoms with Gasteiger partial charge in [-0.3, -0.25) is 4.79 Å². The van der Waals surface area contributed by atoms with Crippen molar-refractivity contribution in [2.45, 2.75) is 6.92 Å². The zero-order valence-corrected chi connectivity index (χ0v) is 6.46. The summed E-state index contributed by atoms with van der Waals surface area (Å²) >= 11 is 0. The van der Waals surface area contributed by atoms with Crippen molar-refractivity contribution in [3.63, 3.8) is 0 Å². The number of ketones is 1. The fraction of sp³-hybridized carbons (Fsp3) is 0.375. The summed E-state index contributed by atoms with van der Waals surface area (Å²) in [4.78, 5) is 11.1. The van der Waals surface area contributed by atoms with Gasteiger partial charge in [0.1, 0.15) is 0 Å². The number of hydrogen-bond acceptors (Lipinski definition) is 3. The molecule has 11 heavy (non-hydrogen) atoms. The lowest BCUT2D eigenvalue weighted by atomic mass is 10.3. The molecule has 0 aliphatic rings. The Morgan fingerprint density at radius 2 is 2.55 bits per heavy atom. The highest BCUT2D eigenvalue weighted by Crippen LogP contribution is 1.99. The summed E-state index contributed by atoms with van der Waals surface area (Å²) in [5.74, 6) is 0.419. The molecule has 3 heteroatoms. The van der Waals surface area contributed by atoms with Gasteiger partial charge >= 0.3 is 0 Å². The van der Waals surface area contributed by atoms with Crippen LogP contribution in [0.25, 0.3) is 0 Å². The quantitative estimate of drug-likeness (QED) is 0.658. The van der Waals surface area contributed by atoms with Gasteiger partial charge in [0.2, 0.25) is 5.78 Å². The summed E-state index contributed by atoms with van der Waals surface area (Å²) in [6.45, 7) is 3.10. The lowest BCUT2D eigenvalue weighted by Gasteiger charge is -1.96. The molecule has 1 aromatic heterocycles. The van der Waals surface area contributed by atoms with Crippen LogP contribution in [0.3, 0.4) is 0 Å². The van der Waals surface area contributed by atoms with Crippen LogP contribution in [0.2, 0.25) is 0 Å². The van der Waals surface area contributed by atoms with Gasteiger partial charge in [-0.15, -0.1) is 0 Å². The molecule has 1 aromatic rings. The fourth-order valence-electron chi connectivity index (χ4n) is 0.763. The van der Waals surface area contributed by atoms with Crippen molar-refractivity contribution in [1.82, 2.24) is 5.32 Å². The Kier molecular flexibility index (Phi) is 2.86. The molecule has 1 heterocycles. The van der Waals surface area contributed by atoms with Crippen molar-refractivity contribution in [3.8, 4) is 0 Å². The smallest absolute Gasteiger partial charge is 0.211 e. The van der Waals surface area contributed by atoms with Crippen LogP contribution in [-0.4, -0.2) is 18.9 Å². The van der Waals surface area contributed by atoms with Crippen LogP contribution in [0.1, 0.15) is 17.5 Å². The van der Waals surface area contributed by atoms with E-state index < -0.39 is 0 Å². The van der Waals surface area contributed by atoms with E-state index >= 15 is 0 Å². The molecule has 1 rings (SSSR count). The zero-order chi connectivity index (χ0) is 8.10.